The minimum atomic E-state index is -0.159. The Bertz CT molecular complexity index is 1030. The van der Waals surface area contributed by atoms with Gasteiger partial charge in [-0.25, -0.2) is 0 Å². The summed E-state index contributed by atoms with van der Waals surface area (Å²) < 4.78 is 0. The van der Waals surface area contributed by atoms with Crippen molar-refractivity contribution in [1.82, 2.24) is 0 Å². The van der Waals surface area contributed by atoms with Crippen LogP contribution in [0.2, 0.25) is 0 Å². The van der Waals surface area contributed by atoms with Crippen molar-refractivity contribution in [2.24, 2.45) is 0 Å². The maximum Gasteiger partial charge on any atom is 0.196 e. The molecule has 0 saturated heterocycles. The van der Waals surface area contributed by atoms with E-state index in [2.05, 4.69) is 0 Å². The summed E-state index contributed by atoms with van der Waals surface area (Å²) >= 11 is 0. The maximum atomic E-state index is 11.9. The summed E-state index contributed by atoms with van der Waals surface area (Å²) in [4.78, 5) is 23.8. The summed E-state index contributed by atoms with van der Waals surface area (Å²) in [6.07, 6.45) is 0. The second-order valence-electron chi connectivity index (χ2n) is 6.27. The van der Waals surface area contributed by atoms with Crippen LogP contribution in [0.4, 0.5) is 0 Å². The summed E-state index contributed by atoms with van der Waals surface area (Å²) in [5.41, 5.74) is 2.39. The van der Waals surface area contributed by atoms with Gasteiger partial charge in [-0.15, -0.1) is 0 Å². The predicted molar refractivity (Wildman–Crippen MR) is 114 cm³/mol. The molecule has 4 rings (SSSR count). The van der Waals surface area contributed by atoms with E-state index in [1.165, 1.54) is 6.07 Å². The van der Waals surface area contributed by atoms with Gasteiger partial charge in [-0.2, -0.15) is 0 Å². The minimum Gasteiger partial charge on any atom is -0.507 e. The Hall–Kier alpha value is -3.98. The molecule has 0 aliphatic carbocycles. The fourth-order valence-corrected chi connectivity index (χ4v) is 2.76. The van der Waals surface area contributed by atoms with Crippen LogP contribution in [0.25, 0.3) is 0 Å². The van der Waals surface area contributed by atoms with E-state index in [9.17, 15) is 14.7 Å². The standard InChI is InChI=1S/C13H10O2.C13H10O/c14-12-9-5-4-8-11(12)13(15)10-6-2-1-3-7-10;14-13(11-7-3-1-4-8-11)12-9-5-2-6-10-12/h1-9,14H;1-10H. The molecule has 4 aromatic carbocycles. The number of benzene rings is 4. The van der Waals surface area contributed by atoms with Gasteiger partial charge in [0.2, 0.25) is 0 Å². The van der Waals surface area contributed by atoms with E-state index in [0.29, 0.717) is 11.1 Å². The zero-order chi connectivity index (χ0) is 20.5. The molecule has 0 amide bonds. The Morgan fingerprint density at radius 2 is 0.793 bits per heavy atom. The number of para-hydroxylation sites is 1. The van der Waals surface area contributed by atoms with Crippen molar-refractivity contribution in [2.45, 2.75) is 0 Å². The Labute approximate surface area is 169 Å². The molecule has 0 aliphatic rings. The topological polar surface area (TPSA) is 54.4 Å². The third kappa shape index (κ3) is 5.27. The number of phenolic OH excluding ortho intramolecular Hbond substituents is 1. The highest BCUT2D eigenvalue weighted by Crippen LogP contribution is 2.19. The highest BCUT2D eigenvalue weighted by molar-refractivity contribution is 6.10. The smallest absolute Gasteiger partial charge is 0.196 e. The van der Waals surface area contributed by atoms with Gasteiger partial charge in [0.1, 0.15) is 5.75 Å². The zero-order valence-corrected chi connectivity index (χ0v) is 15.7. The van der Waals surface area contributed by atoms with E-state index >= 15 is 0 Å². The fourth-order valence-electron chi connectivity index (χ4n) is 2.76. The number of rotatable bonds is 4. The molecule has 29 heavy (non-hydrogen) atoms. The molecule has 0 atom stereocenters. The fraction of sp³-hybridized carbons (Fsp3) is 0. The van der Waals surface area contributed by atoms with E-state index in [4.69, 9.17) is 0 Å². The first-order chi connectivity index (χ1) is 14.2. The summed E-state index contributed by atoms with van der Waals surface area (Å²) in [6, 6.07) is 34.1. The molecular formula is C26H20O3. The van der Waals surface area contributed by atoms with Crippen molar-refractivity contribution in [1.29, 1.82) is 0 Å². The van der Waals surface area contributed by atoms with Gasteiger partial charge in [0.25, 0.3) is 0 Å². The molecule has 0 aliphatic heterocycles. The summed E-state index contributed by atoms with van der Waals surface area (Å²) in [7, 11) is 0. The first kappa shape index (κ1) is 19.8. The third-order valence-corrected chi connectivity index (χ3v) is 4.26. The highest BCUT2D eigenvalue weighted by atomic mass is 16.3. The average molecular weight is 380 g/mol. The molecule has 0 bridgehead atoms. The lowest BCUT2D eigenvalue weighted by molar-refractivity contribution is 0.102. The third-order valence-electron chi connectivity index (χ3n) is 4.26. The zero-order valence-electron chi connectivity index (χ0n) is 15.7. The van der Waals surface area contributed by atoms with Crippen LogP contribution in [0.3, 0.4) is 0 Å². The second-order valence-corrected chi connectivity index (χ2v) is 6.27. The molecule has 4 aromatic rings. The molecule has 0 heterocycles. The van der Waals surface area contributed by atoms with Crippen LogP contribution < -0.4 is 0 Å². The maximum absolute atomic E-state index is 11.9. The van der Waals surface area contributed by atoms with Gasteiger partial charge in [-0.05, 0) is 12.1 Å². The number of carbonyl (C=O) groups is 2. The van der Waals surface area contributed by atoms with E-state index < -0.39 is 0 Å². The van der Waals surface area contributed by atoms with E-state index in [0.717, 1.165) is 11.1 Å². The average Bonchev–Trinajstić information content (AvgIpc) is 2.81. The molecular weight excluding hydrogens is 360 g/mol. The van der Waals surface area contributed by atoms with Gasteiger partial charge in [0, 0.05) is 16.7 Å². The van der Waals surface area contributed by atoms with Crippen LogP contribution >= 0.6 is 0 Å². The van der Waals surface area contributed by atoms with Crippen molar-refractivity contribution < 1.29 is 14.7 Å². The molecule has 0 aromatic heterocycles. The number of ketones is 2. The van der Waals surface area contributed by atoms with E-state index in [1.807, 2.05) is 66.7 Å². The second kappa shape index (κ2) is 9.81. The highest BCUT2D eigenvalue weighted by Gasteiger charge is 2.11. The summed E-state index contributed by atoms with van der Waals surface area (Å²) in [6.45, 7) is 0. The van der Waals surface area contributed by atoms with Crippen LogP contribution in [0.15, 0.2) is 115 Å². The van der Waals surface area contributed by atoms with Crippen molar-refractivity contribution in [3.8, 4) is 5.75 Å². The van der Waals surface area contributed by atoms with Crippen molar-refractivity contribution >= 4 is 11.6 Å². The summed E-state index contributed by atoms with van der Waals surface area (Å²) in [5.74, 6) is -0.0637. The summed E-state index contributed by atoms with van der Waals surface area (Å²) in [5, 5.41) is 9.52. The number of hydrogen-bond acceptors (Lipinski definition) is 3. The van der Waals surface area contributed by atoms with Crippen LogP contribution in [-0.2, 0) is 0 Å². The van der Waals surface area contributed by atoms with Gasteiger partial charge in [-0.1, -0.05) is 103 Å². The molecule has 3 nitrogen and oxygen atoms in total. The SMILES string of the molecule is O=C(c1ccccc1)c1ccccc1.O=C(c1ccccc1)c1ccccc1O. The minimum absolute atomic E-state index is 0.0198. The van der Waals surface area contributed by atoms with Crippen LogP contribution in [0, 0.1) is 0 Å². The molecule has 0 fully saturated rings. The first-order valence-electron chi connectivity index (χ1n) is 9.19. The number of hydrogen-bond donors (Lipinski definition) is 1. The first-order valence-corrected chi connectivity index (χ1v) is 9.19. The lowest BCUT2D eigenvalue weighted by Crippen LogP contribution is -2.00. The van der Waals surface area contributed by atoms with E-state index in [-0.39, 0.29) is 17.3 Å². The van der Waals surface area contributed by atoms with Gasteiger partial charge in [-0.3, -0.25) is 9.59 Å². The molecule has 3 heteroatoms. The van der Waals surface area contributed by atoms with Crippen molar-refractivity contribution in [2.75, 3.05) is 0 Å². The quantitative estimate of drug-likeness (QED) is 0.473. The number of aromatic hydroxyl groups is 1. The molecule has 0 spiro atoms. The molecule has 142 valence electrons. The Balaban J connectivity index is 0.000000166. The van der Waals surface area contributed by atoms with Gasteiger partial charge in [0.05, 0.1) is 5.56 Å². The molecule has 0 radical (unpaired) electrons. The lowest BCUT2D eigenvalue weighted by atomic mass is 10.0. The Morgan fingerprint density at radius 1 is 0.448 bits per heavy atom. The molecule has 0 saturated carbocycles. The van der Waals surface area contributed by atoms with Gasteiger partial charge >= 0.3 is 0 Å². The lowest BCUT2D eigenvalue weighted by Gasteiger charge is -2.02. The number of carbonyl (C=O) groups excluding carboxylic acids is 2. The monoisotopic (exact) mass is 380 g/mol. The molecule has 1 N–H and O–H groups in total. The van der Waals surface area contributed by atoms with Crippen molar-refractivity contribution in [3.63, 3.8) is 0 Å². The number of phenols is 1. The largest absolute Gasteiger partial charge is 0.507 e. The van der Waals surface area contributed by atoms with Gasteiger partial charge < -0.3 is 5.11 Å². The van der Waals surface area contributed by atoms with E-state index in [1.54, 1.807) is 42.5 Å². The van der Waals surface area contributed by atoms with Crippen LogP contribution in [-0.4, -0.2) is 16.7 Å². The Morgan fingerprint density at radius 3 is 1.21 bits per heavy atom. The van der Waals surface area contributed by atoms with Crippen molar-refractivity contribution in [3.05, 3.63) is 138 Å². The van der Waals surface area contributed by atoms with Crippen LogP contribution in [0.1, 0.15) is 31.8 Å². The normalized spacial score (nSPS) is 9.79. The Kier molecular flexibility index (Phi) is 6.69. The van der Waals surface area contributed by atoms with Gasteiger partial charge in [0.15, 0.2) is 11.6 Å². The molecule has 0 unspecified atom stereocenters. The van der Waals surface area contributed by atoms with Crippen LogP contribution in [0.5, 0.6) is 5.75 Å². The predicted octanol–water partition coefficient (Wildman–Crippen LogP) is 5.54.